The fourth-order valence-electron chi connectivity index (χ4n) is 3.73. The van der Waals surface area contributed by atoms with E-state index in [-0.39, 0.29) is 6.61 Å². The van der Waals surface area contributed by atoms with Crippen molar-refractivity contribution < 1.29 is 9.84 Å². The number of pyridine rings is 1. The molecule has 0 spiro atoms. The van der Waals surface area contributed by atoms with Crippen molar-refractivity contribution in [2.45, 2.75) is 32.2 Å². The summed E-state index contributed by atoms with van der Waals surface area (Å²) < 4.78 is 7.91. The predicted octanol–water partition coefficient (Wildman–Crippen LogP) is 3.69. The van der Waals surface area contributed by atoms with E-state index in [4.69, 9.17) is 9.72 Å². The van der Waals surface area contributed by atoms with Crippen molar-refractivity contribution in [3.8, 4) is 29.0 Å². The second-order valence-electron chi connectivity index (χ2n) is 8.25. The first-order valence-electron chi connectivity index (χ1n) is 10.6. The Morgan fingerprint density at radius 2 is 1.87 bits per heavy atom. The molecule has 0 amide bonds. The van der Waals surface area contributed by atoms with Crippen LogP contribution >= 0.6 is 0 Å². The van der Waals surface area contributed by atoms with E-state index in [0.717, 1.165) is 54.2 Å². The molecule has 0 radical (unpaired) electrons. The first-order valence-corrected chi connectivity index (χ1v) is 10.6. The number of hydrogen-bond acceptors (Lipinski definition) is 4. The van der Waals surface area contributed by atoms with Crippen molar-refractivity contribution in [3.63, 3.8) is 0 Å². The van der Waals surface area contributed by atoms with Gasteiger partial charge in [-0.05, 0) is 43.4 Å². The van der Waals surface area contributed by atoms with Gasteiger partial charge in [0.2, 0.25) is 5.88 Å². The largest absolute Gasteiger partial charge is 0.477 e. The van der Waals surface area contributed by atoms with E-state index in [1.165, 1.54) is 12.8 Å². The van der Waals surface area contributed by atoms with Gasteiger partial charge in [0.1, 0.15) is 5.82 Å². The van der Waals surface area contributed by atoms with E-state index in [9.17, 15) is 5.11 Å². The first-order chi connectivity index (χ1) is 14.8. The molecule has 152 valence electrons. The molecule has 5 nitrogen and oxygen atoms in total. The fraction of sp³-hybridized carbons (Fsp3) is 0.360. The molecule has 30 heavy (non-hydrogen) atoms. The maximum Gasteiger partial charge on any atom is 0.214 e. The number of aryl methyl sites for hydroxylation is 1. The van der Waals surface area contributed by atoms with E-state index in [0.29, 0.717) is 17.7 Å². The van der Waals surface area contributed by atoms with E-state index in [1.54, 1.807) is 6.20 Å². The van der Waals surface area contributed by atoms with Crippen LogP contribution in [-0.2, 0) is 13.0 Å². The molecule has 0 saturated heterocycles. The van der Waals surface area contributed by atoms with Crippen LogP contribution in [0.4, 0.5) is 0 Å². The topological polar surface area (TPSA) is 60.2 Å². The lowest BCUT2D eigenvalue weighted by atomic mass is 10.0. The summed E-state index contributed by atoms with van der Waals surface area (Å²) in [5.41, 5.74) is 3.93. The quantitative estimate of drug-likeness (QED) is 0.665. The molecule has 5 rings (SSSR count). The Hall–Kier alpha value is -3.10. The van der Waals surface area contributed by atoms with E-state index < -0.39 is 0 Å². The zero-order chi connectivity index (χ0) is 20.3. The molecule has 1 atom stereocenters. The number of hydrogen-bond donors (Lipinski definition) is 1. The van der Waals surface area contributed by atoms with Crippen LogP contribution in [0.15, 0.2) is 48.8 Å². The Morgan fingerprint density at radius 1 is 1.03 bits per heavy atom. The van der Waals surface area contributed by atoms with Gasteiger partial charge in [-0.25, -0.2) is 9.97 Å². The van der Waals surface area contributed by atoms with Crippen LogP contribution in [0.2, 0.25) is 0 Å². The van der Waals surface area contributed by atoms with Gasteiger partial charge in [0.15, 0.2) is 0 Å². The first kappa shape index (κ1) is 18.9. The molecule has 2 aliphatic rings. The summed E-state index contributed by atoms with van der Waals surface area (Å²) in [6.45, 7) is 1.84. The highest BCUT2D eigenvalue weighted by molar-refractivity contribution is 5.60. The third-order valence-corrected chi connectivity index (χ3v) is 5.78. The minimum absolute atomic E-state index is 0.242. The molecule has 1 aromatic carbocycles. The number of imidazole rings is 1. The highest BCUT2D eigenvalue weighted by Crippen LogP contribution is 2.29. The summed E-state index contributed by atoms with van der Waals surface area (Å²) >= 11 is 0. The van der Waals surface area contributed by atoms with Gasteiger partial charge < -0.3 is 14.4 Å². The lowest BCUT2D eigenvalue weighted by Crippen LogP contribution is -2.22. The van der Waals surface area contributed by atoms with Gasteiger partial charge in [-0.15, -0.1) is 0 Å². The van der Waals surface area contributed by atoms with Gasteiger partial charge in [0.25, 0.3) is 0 Å². The fourth-order valence-corrected chi connectivity index (χ4v) is 3.73. The lowest BCUT2D eigenvalue weighted by Gasteiger charge is -2.21. The Morgan fingerprint density at radius 3 is 2.67 bits per heavy atom. The minimum Gasteiger partial charge on any atom is -0.477 e. The molecular weight excluding hydrogens is 374 g/mol. The van der Waals surface area contributed by atoms with Crippen molar-refractivity contribution in [2.24, 2.45) is 11.8 Å². The SMILES string of the molecule is OCC1CCc2nc(-c3ccc(C#Cc4ccnc(OCC5CC5)c4)cc3)cn2C1. The van der Waals surface area contributed by atoms with Crippen molar-refractivity contribution >= 4 is 0 Å². The van der Waals surface area contributed by atoms with Crippen molar-refractivity contribution in [1.82, 2.24) is 14.5 Å². The third-order valence-electron chi connectivity index (χ3n) is 5.78. The second-order valence-corrected chi connectivity index (χ2v) is 8.25. The molecule has 3 heterocycles. The molecule has 2 aromatic heterocycles. The van der Waals surface area contributed by atoms with E-state index in [1.807, 2.05) is 24.3 Å². The summed E-state index contributed by atoms with van der Waals surface area (Å²) in [6.07, 6.45) is 8.30. The smallest absolute Gasteiger partial charge is 0.214 e. The number of ether oxygens (including phenoxy) is 1. The summed E-state index contributed by atoms with van der Waals surface area (Å²) in [5.74, 6) is 9.22. The Labute approximate surface area is 176 Å². The Kier molecular flexibility index (Phi) is 5.25. The van der Waals surface area contributed by atoms with E-state index >= 15 is 0 Å². The van der Waals surface area contributed by atoms with Crippen molar-refractivity contribution in [2.75, 3.05) is 13.2 Å². The summed E-state index contributed by atoms with van der Waals surface area (Å²) in [4.78, 5) is 9.05. The predicted molar refractivity (Wildman–Crippen MR) is 115 cm³/mol. The van der Waals surface area contributed by atoms with Gasteiger partial charge in [-0.2, -0.15) is 0 Å². The Bertz CT molecular complexity index is 1090. The standard InChI is InChI=1S/C25H25N3O2/c29-16-21-7-10-24-27-23(15-28(24)14-21)22-8-5-18(6-9-22)1-2-19-11-12-26-25(13-19)30-17-20-3-4-20/h5-6,8-9,11-13,15,20-21,29H,3-4,7,10,14,16-17H2. The molecule has 5 heteroatoms. The van der Waals surface area contributed by atoms with Gasteiger partial charge >= 0.3 is 0 Å². The lowest BCUT2D eigenvalue weighted by molar-refractivity contribution is 0.190. The van der Waals surface area contributed by atoms with Gasteiger partial charge in [0, 0.05) is 60.6 Å². The molecule has 1 aliphatic carbocycles. The Balaban J connectivity index is 1.27. The van der Waals surface area contributed by atoms with Crippen LogP contribution in [-0.4, -0.2) is 32.9 Å². The van der Waals surface area contributed by atoms with Crippen molar-refractivity contribution in [3.05, 3.63) is 65.7 Å². The number of aliphatic hydroxyl groups excluding tert-OH is 1. The van der Waals surface area contributed by atoms with E-state index in [2.05, 4.69) is 39.7 Å². The van der Waals surface area contributed by atoms with Gasteiger partial charge in [-0.3, -0.25) is 0 Å². The zero-order valence-electron chi connectivity index (χ0n) is 16.9. The zero-order valence-corrected chi connectivity index (χ0v) is 16.9. The highest BCUT2D eigenvalue weighted by atomic mass is 16.5. The van der Waals surface area contributed by atoms with Crippen LogP contribution in [0.5, 0.6) is 5.88 Å². The monoisotopic (exact) mass is 399 g/mol. The van der Waals surface area contributed by atoms with Crippen LogP contribution < -0.4 is 4.74 Å². The van der Waals surface area contributed by atoms with Crippen LogP contribution in [0.3, 0.4) is 0 Å². The average Bonchev–Trinajstić information content (AvgIpc) is 3.53. The number of fused-ring (bicyclic) bond motifs is 1. The summed E-state index contributed by atoms with van der Waals surface area (Å²) in [6, 6.07) is 12.0. The average molecular weight is 399 g/mol. The molecule has 1 unspecified atom stereocenters. The van der Waals surface area contributed by atoms with Crippen LogP contribution in [0.25, 0.3) is 11.3 Å². The normalized spacial score (nSPS) is 17.7. The highest BCUT2D eigenvalue weighted by Gasteiger charge is 2.22. The van der Waals surface area contributed by atoms with Crippen LogP contribution in [0, 0.1) is 23.7 Å². The summed E-state index contributed by atoms with van der Waals surface area (Å²) in [7, 11) is 0. The number of aromatic nitrogens is 3. The van der Waals surface area contributed by atoms with Crippen LogP contribution in [0.1, 0.15) is 36.2 Å². The number of benzene rings is 1. The minimum atomic E-state index is 0.242. The number of nitrogens with zero attached hydrogens (tertiary/aromatic N) is 3. The molecule has 1 saturated carbocycles. The molecule has 1 N–H and O–H groups in total. The summed E-state index contributed by atoms with van der Waals surface area (Å²) in [5, 5.41) is 9.41. The molecule has 1 aliphatic heterocycles. The molecule has 1 fully saturated rings. The number of aliphatic hydroxyl groups is 1. The molecule has 3 aromatic rings. The number of rotatable bonds is 5. The third kappa shape index (κ3) is 4.39. The maximum atomic E-state index is 9.41. The van der Waals surface area contributed by atoms with Gasteiger partial charge in [0.05, 0.1) is 12.3 Å². The maximum absolute atomic E-state index is 9.41. The van der Waals surface area contributed by atoms with Gasteiger partial charge in [-0.1, -0.05) is 24.0 Å². The second kappa shape index (κ2) is 8.33. The van der Waals surface area contributed by atoms with Crippen molar-refractivity contribution in [1.29, 1.82) is 0 Å². The molecular formula is C25H25N3O2. The molecule has 0 bridgehead atoms.